The normalized spacial score (nSPS) is 17.4. The molecular weight excluding hydrogens is 412 g/mol. The Morgan fingerprint density at radius 1 is 0.900 bits per heavy atom. The standard InChI is InChI=1S/C21H23F2N3O3S/c22-21(23)30(28,29)19-8-4-3-7-18(19)25-13-11-24(12-14-25)15-20(27)26-10-9-16-5-1-2-6-17(16)26/h1-8,21H,9-15H2. The highest BCUT2D eigenvalue weighted by atomic mass is 32.2. The molecule has 0 saturated carbocycles. The van der Waals surface area contributed by atoms with E-state index in [1.165, 1.54) is 17.7 Å². The average Bonchev–Trinajstić information content (AvgIpc) is 3.18. The molecule has 2 aliphatic rings. The number of fused-ring (bicyclic) bond motifs is 1. The van der Waals surface area contributed by atoms with Crippen molar-refractivity contribution in [1.29, 1.82) is 0 Å². The monoisotopic (exact) mass is 435 g/mol. The van der Waals surface area contributed by atoms with E-state index in [1.54, 1.807) is 17.0 Å². The first-order valence-electron chi connectivity index (χ1n) is 9.84. The van der Waals surface area contributed by atoms with Crippen LogP contribution in [0.25, 0.3) is 0 Å². The summed E-state index contributed by atoms with van der Waals surface area (Å²) in [6, 6.07) is 13.7. The molecule has 6 nitrogen and oxygen atoms in total. The van der Waals surface area contributed by atoms with Gasteiger partial charge in [0.15, 0.2) is 0 Å². The molecule has 0 N–H and O–H groups in total. The van der Waals surface area contributed by atoms with Crippen LogP contribution in [-0.2, 0) is 21.1 Å². The molecule has 2 aliphatic heterocycles. The van der Waals surface area contributed by atoms with Gasteiger partial charge in [0, 0.05) is 38.4 Å². The number of sulfone groups is 1. The fraction of sp³-hybridized carbons (Fsp3) is 0.381. The van der Waals surface area contributed by atoms with Crippen LogP contribution in [0.3, 0.4) is 0 Å². The van der Waals surface area contributed by atoms with Crippen molar-refractivity contribution in [2.45, 2.75) is 17.1 Å². The van der Waals surface area contributed by atoms with Crippen molar-refractivity contribution >= 4 is 27.1 Å². The molecule has 2 aromatic carbocycles. The van der Waals surface area contributed by atoms with E-state index in [2.05, 4.69) is 0 Å². The minimum Gasteiger partial charge on any atom is -0.368 e. The maximum atomic E-state index is 13.0. The molecule has 0 atom stereocenters. The second kappa shape index (κ2) is 8.31. The van der Waals surface area contributed by atoms with Gasteiger partial charge < -0.3 is 9.80 Å². The molecule has 0 spiro atoms. The molecule has 0 aliphatic carbocycles. The molecule has 1 amide bonds. The van der Waals surface area contributed by atoms with E-state index in [1.807, 2.05) is 34.1 Å². The maximum absolute atomic E-state index is 13.0. The van der Waals surface area contributed by atoms with E-state index in [0.717, 1.165) is 12.1 Å². The Bertz CT molecular complexity index is 1040. The number of nitrogens with zero attached hydrogens (tertiary/aromatic N) is 3. The number of para-hydroxylation sites is 2. The highest BCUT2D eigenvalue weighted by molar-refractivity contribution is 7.91. The zero-order valence-corrected chi connectivity index (χ0v) is 17.2. The van der Waals surface area contributed by atoms with Gasteiger partial charge in [-0.15, -0.1) is 0 Å². The molecular formula is C21H23F2N3O3S. The summed E-state index contributed by atoms with van der Waals surface area (Å²) in [5.41, 5.74) is 2.43. The molecule has 1 fully saturated rings. The van der Waals surface area contributed by atoms with Crippen LogP contribution in [0.1, 0.15) is 5.56 Å². The van der Waals surface area contributed by atoms with Crippen molar-refractivity contribution in [2.24, 2.45) is 0 Å². The lowest BCUT2D eigenvalue weighted by Gasteiger charge is -2.37. The Hall–Kier alpha value is -2.52. The van der Waals surface area contributed by atoms with Crippen LogP contribution in [-0.4, -0.2) is 64.3 Å². The average molecular weight is 435 g/mol. The fourth-order valence-corrected chi connectivity index (χ4v) is 5.02. The Morgan fingerprint density at radius 3 is 2.23 bits per heavy atom. The maximum Gasteiger partial charge on any atom is 0.341 e. The van der Waals surface area contributed by atoms with E-state index in [-0.39, 0.29) is 23.0 Å². The fourth-order valence-electron chi connectivity index (χ4n) is 4.08. The predicted octanol–water partition coefficient (Wildman–Crippen LogP) is 2.39. The van der Waals surface area contributed by atoms with Crippen molar-refractivity contribution in [3.8, 4) is 0 Å². The lowest BCUT2D eigenvalue weighted by molar-refractivity contribution is -0.119. The lowest BCUT2D eigenvalue weighted by Crippen LogP contribution is -2.50. The van der Waals surface area contributed by atoms with Crippen LogP contribution in [0.5, 0.6) is 0 Å². The molecule has 2 aromatic rings. The Balaban J connectivity index is 1.40. The van der Waals surface area contributed by atoms with Crippen molar-refractivity contribution in [2.75, 3.05) is 49.1 Å². The first-order chi connectivity index (χ1) is 14.4. The summed E-state index contributed by atoms with van der Waals surface area (Å²) >= 11 is 0. The predicted molar refractivity (Wildman–Crippen MR) is 111 cm³/mol. The van der Waals surface area contributed by atoms with Crippen LogP contribution >= 0.6 is 0 Å². The van der Waals surface area contributed by atoms with Crippen molar-refractivity contribution in [1.82, 2.24) is 4.90 Å². The number of carbonyl (C=O) groups is 1. The van der Waals surface area contributed by atoms with E-state index >= 15 is 0 Å². The van der Waals surface area contributed by atoms with Gasteiger partial charge in [-0.1, -0.05) is 30.3 Å². The summed E-state index contributed by atoms with van der Waals surface area (Å²) in [5, 5.41) is 0. The van der Waals surface area contributed by atoms with Crippen LogP contribution < -0.4 is 9.80 Å². The number of hydrogen-bond acceptors (Lipinski definition) is 5. The number of amides is 1. The van der Waals surface area contributed by atoms with Gasteiger partial charge in [0.2, 0.25) is 15.7 Å². The number of anilines is 2. The number of alkyl halides is 2. The van der Waals surface area contributed by atoms with E-state index < -0.39 is 15.6 Å². The first kappa shape index (κ1) is 20.7. The highest BCUT2D eigenvalue weighted by Crippen LogP contribution is 2.30. The molecule has 160 valence electrons. The van der Waals surface area contributed by atoms with Crippen molar-refractivity contribution in [3.63, 3.8) is 0 Å². The van der Waals surface area contributed by atoms with Gasteiger partial charge in [-0.05, 0) is 30.2 Å². The summed E-state index contributed by atoms with van der Waals surface area (Å²) in [6.45, 7) is 2.96. The van der Waals surface area contributed by atoms with Gasteiger partial charge in [-0.3, -0.25) is 9.69 Å². The van der Waals surface area contributed by atoms with Gasteiger partial charge in [0.25, 0.3) is 0 Å². The largest absolute Gasteiger partial charge is 0.368 e. The van der Waals surface area contributed by atoms with E-state index in [4.69, 9.17) is 0 Å². The molecule has 0 bridgehead atoms. The third-order valence-corrected chi connectivity index (χ3v) is 7.09. The van der Waals surface area contributed by atoms with Crippen LogP contribution in [0.15, 0.2) is 53.4 Å². The third-order valence-electron chi connectivity index (χ3n) is 5.67. The number of benzene rings is 2. The molecule has 0 aromatic heterocycles. The molecule has 0 radical (unpaired) electrons. The Labute approximate surface area is 174 Å². The lowest BCUT2D eigenvalue weighted by atomic mass is 10.2. The smallest absolute Gasteiger partial charge is 0.341 e. The van der Waals surface area contributed by atoms with Crippen molar-refractivity contribution < 1.29 is 22.0 Å². The van der Waals surface area contributed by atoms with Gasteiger partial charge in [-0.25, -0.2) is 8.42 Å². The second-order valence-corrected chi connectivity index (χ2v) is 9.35. The minimum atomic E-state index is -4.68. The van der Waals surface area contributed by atoms with Crippen LogP contribution in [0.4, 0.5) is 20.2 Å². The van der Waals surface area contributed by atoms with Gasteiger partial charge in [-0.2, -0.15) is 8.78 Å². The van der Waals surface area contributed by atoms with E-state index in [9.17, 15) is 22.0 Å². The highest BCUT2D eigenvalue weighted by Gasteiger charge is 2.32. The van der Waals surface area contributed by atoms with Crippen LogP contribution in [0.2, 0.25) is 0 Å². The molecule has 2 heterocycles. The summed E-state index contributed by atoms with van der Waals surface area (Å²) in [4.78, 5) is 18.1. The first-order valence-corrected chi connectivity index (χ1v) is 11.4. The summed E-state index contributed by atoms with van der Waals surface area (Å²) < 4.78 is 50.1. The Kier molecular flexibility index (Phi) is 5.75. The number of piperazine rings is 1. The number of halogens is 2. The molecule has 0 unspecified atom stereocenters. The van der Waals surface area contributed by atoms with Gasteiger partial charge >= 0.3 is 5.76 Å². The zero-order chi connectivity index (χ0) is 21.3. The Morgan fingerprint density at radius 2 is 1.53 bits per heavy atom. The molecule has 9 heteroatoms. The zero-order valence-electron chi connectivity index (χ0n) is 16.4. The second-order valence-electron chi connectivity index (χ2n) is 7.46. The summed E-state index contributed by atoms with van der Waals surface area (Å²) in [5.74, 6) is -3.42. The van der Waals surface area contributed by atoms with Crippen LogP contribution in [0, 0.1) is 0 Å². The number of carbonyl (C=O) groups excluding carboxylic acids is 1. The molecule has 4 rings (SSSR count). The SMILES string of the molecule is O=C(CN1CCN(c2ccccc2S(=O)(=O)C(F)F)CC1)N1CCc2ccccc21. The van der Waals surface area contributed by atoms with Crippen molar-refractivity contribution in [3.05, 3.63) is 54.1 Å². The van der Waals surface area contributed by atoms with E-state index in [0.29, 0.717) is 32.7 Å². The quantitative estimate of drug-likeness (QED) is 0.722. The number of hydrogen-bond donors (Lipinski definition) is 0. The summed E-state index contributed by atoms with van der Waals surface area (Å²) in [6.07, 6.45) is 0.852. The molecule has 30 heavy (non-hydrogen) atoms. The topological polar surface area (TPSA) is 60.9 Å². The summed E-state index contributed by atoms with van der Waals surface area (Å²) in [7, 11) is -4.68. The molecule has 1 saturated heterocycles. The van der Waals surface area contributed by atoms with Gasteiger partial charge in [0.05, 0.1) is 17.1 Å². The number of rotatable bonds is 5. The van der Waals surface area contributed by atoms with Gasteiger partial charge in [0.1, 0.15) is 0 Å². The third kappa shape index (κ3) is 3.91. The minimum absolute atomic E-state index is 0.0362.